The second kappa shape index (κ2) is 8.43. The normalized spacial score (nSPS) is 10.4. The lowest BCUT2D eigenvalue weighted by atomic mass is 10.3. The van der Waals surface area contributed by atoms with Gasteiger partial charge in [0.25, 0.3) is 5.91 Å². The van der Waals surface area contributed by atoms with Gasteiger partial charge in [0.2, 0.25) is 0 Å². The minimum absolute atomic E-state index is 0.261. The summed E-state index contributed by atoms with van der Waals surface area (Å²) in [7, 11) is 0. The molecule has 0 aliphatic rings. The van der Waals surface area contributed by atoms with Gasteiger partial charge >= 0.3 is 0 Å². The van der Waals surface area contributed by atoms with Gasteiger partial charge in [-0.1, -0.05) is 6.07 Å². The fourth-order valence-corrected chi connectivity index (χ4v) is 2.43. The highest BCUT2D eigenvalue weighted by Crippen LogP contribution is 2.14. The molecule has 0 aliphatic carbocycles. The SMILES string of the molecule is Cc1cccc(Nc2ccc(NCCNC(=O)c3ccc(Br)o3)nn2)n1. The Morgan fingerprint density at radius 3 is 2.54 bits per heavy atom. The van der Waals surface area contributed by atoms with Crippen LogP contribution in [0.3, 0.4) is 0 Å². The first-order valence-corrected chi connectivity index (χ1v) is 8.71. The molecule has 0 saturated heterocycles. The van der Waals surface area contributed by atoms with E-state index in [2.05, 4.69) is 47.1 Å². The summed E-state index contributed by atoms with van der Waals surface area (Å²) < 4.78 is 5.70. The highest BCUT2D eigenvalue weighted by molar-refractivity contribution is 9.10. The third kappa shape index (κ3) is 5.03. The van der Waals surface area contributed by atoms with E-state index < -0.39 is 0 Å². The molecule has 3 aromatic rings. The van der Waals surface area contributed by atoms with Crippen LogP contribution in [0.2, 0.25) is 0 Å². The van der Waals surface area contributed by atoms with Gasteiger partial charge in [-0.15, -0.1) is 10.2 Å². The van der Waals surface area contributed by atoms with Gasteiger partial charge in [0.1, 0.15) is 11.6 Å². The summed E-state index contributed by atoms with van der Waals surface area (Å²) in [6, 6.07) is 12.6. The number of pyridine rings is 1. The van der Waals surface area contributed by atoms with E-state index in [-0.39, 0.29) is 11.7 Å². The maximum atomic E-state index is 11.8. The van der Waals surface area contributed by atoms with Crippen LogP contribution in [-0.2, 0) is 0 Å². The number of hydrogen-bond acceptors (Lipinski definition) is 7. The third-order valence-electron chi connectivity index (χ3n) is 3.32. The van der Waals surface area contributed by atoms with Gasteiger partial charge in [-0.05, 0) is 59.3 Å². The highest BCUT2D eigenvalue weighted by Gasteiger charge is 2.09. The molecular weight excluding hydrogens is 400 g/mol. The maximum Gasteiger partial charge on any atom is 0.287 e. The van der Waals surface area contributed by atoms with Gasteiger partial charge in [-0.3, -0.25) is 4.79 Å². The number of amides is 1. The topological polar surface area (TPSA) is 105 Å². The molecule has 0 radical (unpaired) electrons. The van der Waals surface area contributed by atoms with Crippen LogP contribution in [0.4, 0.5) is 17.5 Å². The van der Waals surface area contributed by atoms with Crippen molar-refractivity contribution in [3.05, 3.63) is 58.6 Å². The molecule has 0 aliphatic heterocycles. The lowest BCUT2D eigenvalue weighted by molar-refractivity contribution is 0.0926. The molecule has 0 spiro atoms. The van der Waals surface area contributed by atoms with Crippen LogP contribution in [0, 0.1) is 6.92 Å². The molecule has 134 valence electrons. The van der Waals surface area contributed by atoms with Crippen molar-refractivity contribution < 1.29 is 9.21 Å². The smallest absolute Gasteiger partial charge is 0.287 e. The standard InChI is InChI=1S/C17H17BrN6O2/c1-11-3-2-4-15(21-11)22-16-8-7-14(23-24-16)19-9-10-20-17(25)12-5-6-13(18)26-12/h2-8H,9-10H2,1H3,(H,19,23)(H,20,25)(H,21,22,24). The fraction of sp³-hybridized carbons (Fsp3) is 0.176. The van der Waals surface area contributed by atoms with E-state index in [9.17, 15) is 4.79 Å². The van der Waals surface area contributed by atoms with Crippen LogP contribution in [-0.4, -0.2) is 34.2 Å². The van der Waals surface area contributed by atoms with Crippen LogP contribution in [0.25, 0.3) is 0 Å². The Morgan fingerprint density at radius 1 is 1.04 bits per heavy atom. The van der Waals surface area contributed by atoms with Crippen LogP contribution >= 0.6 is 15.9 Å². The van der Waals surface area contributed by atoms with Gasteiger partial charge in [0, 0.05) is 18.8 Å². The molecule has 1 amide bonds. The number of nitrogens with zero attached hydrogens (tertiary/aromatic N) is 3. The summed E-state index contributed by atoms with van der Waals surface area (Å²) >= 11 is 3.16. The summed E-state index contributed by atoms with van der Waals surface area (Å²) in [5.41, 5.74) is 0.921. The fourth-order valence-electron chi connectivity index (χ4n) is 2.13. The molecule has 0 bridgehead atoms. The number of nitrogens with one attached hydrogen (secondary N) is 3. The average Bonchev–Trinajstić information content (AvgIpc) is 3.06. The Balaban J connectivity index is 1.43. The molecule has 0 saturated carbocycles. The number of halogens is 1. The Kier molecular flexibility index (Phi) is 5.80. The number of rotatable bonds is 7. The van der Waals surface area contributed by atoms with Gasteiger partial charge in [0.05, 0.1) is 0 Å². The first kappa shape index (κ1) is 17.9. The summed E-state index contributed by atoms with van der Waals surface area (Å²) in [6.07, 6.45) is 0. The predicted molar refractivity (Wildman–Crippen MR) is 102 cm³/mol. The first-order valence-electron chi connectivity index (χ1n) is 7.92. The third-order valence-corrected chi connectivity index (χ3v) is 3.75. The maximum absolute atomic E-state index is 11.8. The molecule has 3 aromatic heterocycles. The van der Waals surface area contributed by atoms with Crippen molar-refractivity contribution in [3.8, 4) is 0 Å². The van der Waals surface area contributed by atoms with Crippen LogP contribution in [0.5, 0.6) is 0 Å². The van der Waals surface area contributed by atoms with E-state index >= 15 is 0 Å². The number of carbonyl (C=O) groups is 1. The van der Waals surface area contributed by atoms with Crippen molar-refractivity contribution in [2.75, 3.05) is 23.7 Å². The van der Waals surface area contributed by atoms with Crippen LogP contribution in [0.15, 0.2) is 51.6 Å². The van der Waals surface area contributed by atoms with Gasteiger partial charge in [0.15, 0.2) is 16.2 Å². The molecule has 3 heterocycles. The molecular formula is C17H17BrN6O2. The summed E-state index contributed by atoms with van der Waals surface area (Å²) in [6.45, 7) is 2.86. The number of furan rings is 1. The Labute approximate surface area is 158 Å². The second-order valence-corrected chi connectivity index (χ2v) is 6.16. The molecule has 26 heavy (non-hydrogen) atoms. The number of anilines is 3. The number of aromatic nitrogens is 3. The Bertz CT molecular complexity index is 881. The molecule has 9 heteroatoms. The second-order valence-electron chi connectivity index (χ2n) is 5.38. The first-order chi connectivity index (χ1) is 12.6. The molecule has 0 atom stereocenters. The van der Waals surface area contributed by atoms with Crippen molar-refractivity contribution in [1.82, 2.24) is 20.5 Å². The summed E-state index contributed by atoms with van der Waals surface area (Å²) in [5, 5.41) is 17.1. The predicted octanol–water partition coefficient (Wildman–Crippen LogP) is 3.12. The average molecular weight is 417 g/mol. The number of hydrogen-bond donors (Lipinski definition) is 3. The zero-order valence-corrected chi connectivity index (χ0v) is 15.6. The van der Waals surface area contributed by atoms with Crippen molar-refractivity contribution in [1.29, 1.82) is 0 Å². The summed E-state index contributed by atoms with van der Waals surface area (Å²) in [5.74, 6) is 1.92. The largest absolute Gasteiger partial charge is 0.444 e. The molecule has 0 fully saturated rings. The van der Waals surface area contributed by atoms with Gasteiger partial charge in [-0.2, -0.15) is 0 Å². The molecule has 8 nitrogen and oxygen atoms in total. The van der Waals surface area contributed by atoms with E-state index in [4.69, 9.17) is 4.42 Å². The Hall–Kier alpha value is -2.94. The van der Waals surface area contributed by atoms with E-state index in [1.165, 1.54) is 0 Å². The minimum atomic E-state index is -0.270. The van der Waals surface area contributed by atoms with Crippen molar-refractivity contribution in [3.63, 3.8) is 0 Å². The lowest BCUT2D eigenvalue weighted by Gasteiger charge is -2.08. The zero-order chi connectivity index (χ0) is 18.4. The Morgan fingerprint density at radius 2 is 1.85 bits per heavy atom. The van der Waals surface area contributed by atoms with Crippen LogP contribution in [0.1, 0.15) is 16.2 Å². The van der Waals surface area contributed by atoms with Crippen molar-refractivity contribution >= 4 is 39.3 Å². The van der Waals surface area contributed by atoms with Gasteiger partial charge < -0.3 is 20.4 Å². The molecule has 3 N–H and O–H groups in total. The lowest BCUT2D eigenvalue weighted by Crippen LogP contribution is -2.28. The van der Waals surface area contributed by atoms with E-state index in [1.807, 2.05) is 25.1 Å². The van der Waals surface area contributed by atoms with E-state index in [0.29, 0.717) is 35.2 Å². The van der Waals surface area contributed by atoms with E-state index in [1.54, 1.807) is 24.3 Å². The van der Waals surface area contributed by atoms with Crippen molar-refractivity contribution in [2.24, 2.45) is 0 Å². The van der Waals surface area contributed by atoms with E-state index in [0.717, 1.165) is 5.69 Å². The molecule has 0 aromatic carbocycles. The number of carbonyl (C=O) groups excluding carboxylic acids is 1. The minimum Gasteiger partial charge on any atom is -0.444 e. The van der Waals surface area contributed by atoms with Crippen molar-refractivity contribution in [2.45, 2.75) is 6.92 Å². The molecule has 0 unspecified atom stereocenters. The van der Waals surface area contributed by atoms with Gasteiger partial charge in [-0.25, -0.2) is 4.98 Å². The quantitative estimate of drug-likeness (QED) is 0.508. The monoisotopic (exact) mass is 416 g/mol. The molecule has 3 rings (SSSR count). The van der Waals surface area contributed by atoms with Crippen LogP contribution < -0.4 is 16.0 Å². The summed E-state index contributed by atoms with van der Waals surface area (Å²) in [4.78, 5) is 16.2. The highest BCUT2D eigenvalue weighted by atomic mass is 79.9. The number of aryl methyl sites for hydroxylation is 1. The zero-order valence-electron chi connectivity index (χ0n) is 14.0.